The molecule has 0 radical (unpaired) electrons. The Kier molecular flexibility index (Phi) is 18.9. The molecule has 0 aliphatic heterocycles. The minimum absolute atomic E-state index is 0. The molecule has 2 unspecified atom stereocenters. The van der Waals surface area contributed by atoms with Gasteiger partial charge < -0.3 is 24.7 Å². The molecule has 0 aliphatic rings. The Morgan fingerprint density at radius 3 is 1.35 bits per heavy atom. The van der Waals surface area contributed by atoms with Gasteiger partial charge in [-0.2, -0.15) is 0 Å². The summed E-state index contributed by atoms with van der Waals surface area (Å²) in [6, 6.07) is 0. The number of Topliss-reactive ketones (excluding diaryl/α,β-unsaturated/α-hetero) is 1. The predicted molar refractivity (Wildman–Crippen MR) is 40.7 cm³/mol. The molecule has 0 aromatic heterocycles. The fraction of sp³-hybridized carbons (Fsp3) is 0.333. The summed E-state index contributed by atoms with van der Waals surface area (Å²) in [7, 11) is 0. The zero-order chi connectivity index (χ0) is 11.5. The van der Waals surface area contributed by atoms with Crippen LogP contribution in [0.4, 0.5) is 0 Å². The maximum atomic E-state index is 10.6. The number of aliphatic hydroxyl groups excluding tert-OH is 1. The van der Waals surface area contributed by atoms with Gasteiger partial charge in [0.05, 0.1) is 0 Å². The van der Waals surface area contributed by atoms with Gasteiger partial charge in [0, 0.05) is 0 Å². The molecule has 4 N–H and O–H groups in total. The van der Waals surface area contributed by atoms with Crippen molar-refractivity contribution in [3.63, 3.8) is 0 Å². The van der Waals surface area contributed by atoms with Gasteiger partial charge in [-0.15, -0.1) is 0 Å². The van der Waals surface area contributed by atoms with Crippen molar-refractivity contribution in [3.8, 4) is 0 Å². The summed E-state index contributed by atoms with van der Waals surface area (Å²) in [6.07, 6.45) is -2.57. The molecular weight excluding hydrogens is 269 g/mol. The molecule has 0 aromatic carbocycles. The van der Waals surface area contributed by atoms with Gasteiger partial charge >= 0.3 is 107 Å². The van der Waals surface area contributed by atoms with E-state index in [-0.39, 0.29) is 93.0 Å². The Hall–Kier alpha value is 1.04. The molecule has 8 nitrogen and oxygen atoms in total. The minimum Gasteiger partial charge on any atom is -1.00 e. The average molecular weight is 278 g/mol. The molecule has 84 valence electrons. The van der Waals surface area contributed by atoms with E-state index in [9.17, 15) is 19.2 Å². The Labute approximate surface area is 166 Å². The van der Waals surface area contributed by atoms with Crippen LogP contribution in [0, 0.1) is 5.92 Å². The van der Waals surface area contributed by atoms with E-state index in [4.69, 9.17) is 20.4 Å². The van der Waals surface area contributed by atoms with Gasteiger partial charge in [-0.3, -0.25) is 9.59 Å². The second-order valence-corrected chi connectivity index (χ2v) is 2.27. The monoisotopic (exact) mass is 278 g/mol. The molecule has 17 heavy (non-hydrogen) atoms. The van der Waals surface area contributed by atoms with E-state index in [2.05, 4.69) is 0 Å². The van der Waals surface area contributed by atoms with Gasteiger partial charge in [-0.1, -0.05) is 0 Å². The van der Waals surface area contributed by atoms with Gasteiger partial charge in [0.25, 0.3) is 5.78 Å². The van der Waals surface area contributed by atoms with Crippen LogP contribution in [0.3, 0.4) is 0 Å². The number of carboxylic acids is 3. The molecule has 11 heteroatoms. The van der Waals surface area contributed by atoms with Crippen LogP contribution in [0.2, 0.25) is 0 Å². The predicted octanol–water partition coefficient (Wildman–Crippen LogP) is -10.9. The van der Waals surface area contributed by atoms with Crippen molar-refractivity contribution in [2.45, 2.75) is 6.10 Å². The molecule has 0 saturated heterocycles. The molecule has 0 amide bonds. The van der Waals surface area contributed by atoms with Crippen LogP contribution >= 0.6 is 0 Å². The van der Waals surface area contributed by atoms with Crippen LogP contribution in [-0.4, -0.2) is 50.2 Å². The molecule has 2 atom stereocenters. The van der Waals surface area contributed by atoms with Crippen molar-refractivity contribution < 1.29 is 133 Å². The smallest absolute Gasteiger partial charge is 1.00 e. The van der Waals surface area contributed by atoms with E-state index >= 15 is 0 Å². The Balaban J connectivity index is -0.0000000563. The number of rotatable bonds is 5. The van der Waals surface area contributed by atoms with Crippen molar-refractivity contribution >= 4 is 23.7 Å². The van der Waals surface area contributed by atoms with E-state index in [0.717, 1.165) is 0 Å². The van der Waals surface area contributed by atoms with Crippen LogP contribution in [0.15, 0.2) is 0 Å². The molecule has 0 aromatic rings. The van der Waals surface area contributed by atoms with E-state index in [0.29, 0.717) is 0 Å². The molecule has 0 fully saturated rings. The SMILES string of the molecule is O=C(O)C(=O)C(C(=O)O)C(O)C(=O)O.[H-].[H-].[H-].[Na+].[Na+].[Na+]. The van der Waals surface area contributed by atoms with Crippen molar-refractivity contribution in [1.82, 2.24) is 0 Å². The van der Waals surface area contributed by atoms with E-state index in [1.54, 1.807) is 0 Å². The van der Waals surface area contributed by atoms with Crippen LogP contribution in [0.5, 0.6) is 0 Å². The molecule has 0 heterocycles. The first kappa shape index (κ1) is 26.6. The average Bonchev–Trinajstić information content (AvgIpc) is 2.03. The first-order valence-corrected chi connectivity index (χ1v) is 3.19. The summed E-state index contributed by atoms with van der Waals surface area (Å²) < 4.78 is 0. The Bertz CT molecular complexity index is 316. The minimum atomic E-state index is -2.57. The van der Waals surface area contributed by atoms with Gasteiger partial charge in [0.1, 0.15) is 0 Å². The third-order valence-corrected chi connectivity index (χ3v) is 1.33. The third-order valence-electron chi connectivity index (χ3n) is 1.33. The maximum Gasteiger partial charge on any atom is 1.00 e. The van der Waals surface area contributed by atoms with Gasteiger partial charge in [-0.25, -0.2) is 9.59 Å². The van der Waals surface area contributed by atoms with Crippen molar-refractivity contribution in [3.05, 3.63) is 0 Å². The van der Waals surface area contributed by atoms with E-state index in [1.807, 2.05) is 0 Å². The number of hydrogen-bond acceptors (Lipinski definition) is 5. The fourth-order valence-corrected chi connectivity index (χ4v) is 0.666. The topological polar surface area (TPSA) is 149 Å². The Morgan fingerprint density at radius 1 is 0.824 bits per heavy atom. The quantitative estimate of drug-likeness (QED) is 0.220. The largest absolute Gasteiger partial charge is 1.00 e. The van der Waals surface area contributed by atoms with Crippen molar-refractivity contribution in [1.29, 1.82) is 0 Å². The number of aliphatic hydroxyl groups is 1. The molecular formula is C6H9Na3O8. The van der Waals surface area contributed by atoms with Crippen molar-refractivity contribution in [2.75, 3.05) is 0 Å². The van der Waals surface area contributed by atoms with E-state index in [1.165, 1.54) is 0 Å². The number of hydrogen-bond donors (Lipinski definition) is 4. The third kappa shape index (κ3) is 8.71. The summed E-state index contributed by atoms with van der Waals surface area (Å²) in [5.74, 6) is -10.5. The molecule has 0 rings (SSSR count). The summed E-state index contributed by atoms with van der Waals surface area (Å²) in [4.78, 5) is 41.1. The molecule has 0 spiro atoms. The van der Waals surface area contributed by atoms with Crippen molar-refractivity contribution in [2.24, 2.45) is 5.92 Å². The summed E-state index contributed by atoms with van der Waals surface area (Å²) in [5.41, 5.74) is 0. The van der Waals surface area contributed by atoms with Crippen LogP contribution in [-0.2, 0) is 19.2 Å². The van der Waals surface area contributed by atoms with Crippen LogP contribution < -0.4 is 88.7 Å². The van der Waals surface area contributed by atoms with Gasteiger partial charge in [0.15, 0.2) is 12.0 Å². The van der Waals surface area contributed by atoms with Gasteiger partial charge in [-0.05, 0) is 0 Å². The maximum absolute atomic E-state index is 10.6. The normalized spacial score (nSPS) is 11.6. The standard InChI is InChI=1S/C6H6O8.3Na.3H/c7-2(5(11)12)1(4(9)10)3(8)6(13)14;;;;;;/h1-2,7H,(H,9,10)(H,11,12)(H,13,14);;;;;;/q;3*+1;3*-1. The second-order valence-electron chi connectivity index (χ2n) is 2.27. The molecule has 0 aliphatic carbocycles. The first-order valence-electron chi connectivity index (χ1n) is 3.19. The zero-order valence-electron chi connectivity index (χ0n) is 12.6. The summed E-state index contributed by atoms with van der Waals surface area (Å²) in [6.45, 7) is 0. The molecule has 0 saturated carbocycles. The van der Waals surface area contributed by atoms with Crippen LogP contribution in [0.1, 0.15) is 4.28 Å². The number of carbonyl (C=O) groups excluding carboxylic acids is 1. The van der Waals surface area contributed by atoms with Gasteiger partial charge in [0.2, 0.25) is 0 Å². The van der Waals surface area contributed by atoms with E-state index < -0.39 is 35.7 Å². The zero-order valence-corrected chi connectivity index (χ0v) is 15.6. The number of carbonyl (C=O) groups is 4. The number of carboxylic acid groups (broad SMARTS) is 3. The summed E-state index contributed by atoms with van der Waals surface area (Å²) >= 11 is 0. The number of aliphatic carboxylic acids is 3. The first-order chi connectivity index (χ1) is 6.29. The second kappa shape index (κ2) is 12.1. The molecule has 0 bridgehead atoms. The fourth-order valence-electron chi connectivity index (χ4n) is 0.666. The Morgan fingerprint density at radius 2 is 1.18 bits per heavy atom. The summed E-state index contributed by atoms with van der Waals surface area (Å²) in [5, 5.41) is 33.3. The number of ketones is 1. The van der Waals surface area contributed by atoms with Crippen LogP contribution in [0.25, 0.3) is 0 Å².